The van der Waals surface area contributed by atoms with Crippen molar-refractivity contribution in [1.82, 2.24) is 0 Å². The molecule has 1 rings (SSSR count). The lowest BCUT2D eigenvalue weighted by Crippen LogP contribution is -2.55. The van der Waals surface area contributed by atoms with Crippen molar-refractivity contribution in [3.8, 4) is 0 Å². The van der Waals surface area contributed by atoms with Gasteiger partial charge in [0.2, 0.25) is 8.32 Å². The van der Waals surface area contributed by atoms with Crippen LogP contribution >= 0.6 is 0 Å². The quantitative estimate of drug-likeness (QED) is 0.565. The van der Waals surface area contributed by atoms with E-state index in [1.165, 1.54) is 11.6 Å². The smallest absolute Gasteiger partial charge is 0.226 e. The lowest BCUT2D eigenvalue weighted by Gasteiger charge is -2.39. The molecule has 1 aromatic rings. The molecule has 0 radical (unpaired) electrons. The molecule has 0 N–H and O–H groups in total. The van der Waals surface area contributed by atoms with Gasteiger partial charge in [-0.05, 0) is 23.2 Å². The first-order valence-electron chi connectivity index (χ1n) is 6.61. The maximum absolute atomic E-state index is 6.36. The number of hydrogen-bond acceptors (Lipinski definition) is 1. The number of hydrogen-bond donors (Lipinski definition) is 0. The first-order chi connectivity index (χ1) is 7.92. The third kappa shape index (κ3) is 3.43. The van der Waals surface area contributed by atoms with Crippen LogP contribution in [0.1, 0.15) is 40.5 Å². The van der Waals surface area contributed by atoms with Crippen molar-refractivity contribution in [2.45, 2.75) is 52.1 Å². The molecule has 0 bridgehead atoms. The average molecular weight is 250 g/mol. The Bertz CT molecular complexity index is 329. The van der Waals surface area contributed by atoms with Crippen LogP contribution in [0.15, 0.2) is 30.3 Å². The van der Waals surface area contributed by atoms with Crippen molar-refractivity contribution in [2.24, 2.45) is 0 Å². The van der Waals surface area contributed by atoms with E-state index in [1.807, 2.05) is 0 Å². The molecule has 96 valence electrons. The predicted octanol–water partition coefficient (Wildman–Crippen LogP) is 4.09. The minimum Gasteiger partial charge on any atom is -0.412 e. The van der Waals surface area contributed by atoms with E-state index in [9.17, 15) is 0 Å². The molecule has 1 nitrogen and oxygen atoms in total. The molecular weight excluding hydrogens is 224 g/mol. The van der Waals surface area contributed by atoms with Crippen LogP contribution in [0.3, 0.4) is 0 Å². The Morgan fingerprint density at radius 1 is 1.12 bits per heavy atom. The van der Waals surface area contributed by atoms with Crippen molar-refractivity contribution in [3.63, 3.8) is 0 Å². The summed E-state index contributed by atoms with van der Waals surface area (Å²) in [5, 5.41) is 1.63. The van der Waals surface area contributed by atoms with Crippen LogP contribution in [-0.4, -0.2) is 14.9 Å². The van der Waals surface area contributed by atoms with Gasteiger partial charge in [0.15, 0.2) is 0 Å². The fourth-order valence-electron chi connectivity index (χ4n) is 1.91. The summed E-state index contributed by atoms with van der Waals surface area (Å²) in [6, 6.07) is 10.8. The van der Waals surface area contributed by atoms with Gasteiger partial charge in [-0.25, -0.2) is 0 Å². The molecule has 17 heavy (non-hydrogen) atoms. The second-order valence-corrected chi connectivity index (χ2v) is 10.3. The third-order valence-electron chi connectivity index (χ3n) is 3.64. The molecule has 1 unspecified atom stereocenters. The highest BCUT2D eigenvalue weighted by molar-refractivity contribution is 6.87. The first-order valence-corrected chi connectivity index (χ1v) is 9.02. The molecule has 0 saturated heterocycles. The monoisotopic (exact) mass is 250 g/mol. The highest BCUT2D eigenvalue weighted by Crippen LogP contribution is 2.36. The zero-order valence-electron chi connectivity index (χ0n) is 11.9. The minimum absolute atomic E-state index is 0.224. The summed E-state index contributed by atoms with van der Waals surface area (Å²) in [5.74, 6) is 0. The fraction of sp³-hybridized carbons (Fsp3) is 0.600. The summed E-state index contributed by atoms with van der Waals surface area (Å²) in [5.41, 5.74) is 0. The van der Waals surface area contributed by atoms with Crippen molar-refractivity contribution in [3.05, 3.63) is 30.3 Å². The summed E-state index contributed by atoms with van der Waals surface area (Å²) in [7, 11) is -1.86. The lowest BCUT2D eigenvalue weighted by molar-refractivity contribution is 0.286. The molecule has 0 aliphatic heterocycles. The van der Waals surface area contributed by atoms with Gasteiger partial charge in [-0.2, -0.15) is 0 Å². The topological polar surface area (TPSA) is 9.23 Å². The summed E-state index contributed by atoms with van der Waals surface area (Å²) < 4.78 is 6.36. The van der Waals surface area contributed by atoms with Crippen LogP contribution in [0.2, 0.25) is 11.6 Å². The maximum atomic E-state index is 6.36. The van der Waals surface area contributed by atoms with Crippen LogP contribution in [0.25, 0.3) is 0 Å². The van der Waals surface area contributed by atoms with E-state index in [0.29, 0.717) is 0 Å². The van der Waals surface area contributed by atoms with Gasteiger partial charge >= 0.3 is 0 Å². The Labute approximate surface area is 107 Å². The lowest BCUT2D eigenvalue weighted by atomic mass is 10.2. The normalized spacial score (nSPS) is 15.6. The van der Waals surface area contributed by atoms with E-state index < -0.39 is 8.32 Å². The standard InChI is InChI=1S/C15H26OSi/c1-6-7-13-16-17(5,15(2,3)4)14-11-9-8-10-12-14/h8-12H,6-7,13H2,1-5H3. The van der Waals surface area contributed by atoms with Crippen molar-refractivity contribution < 1.29 is 4.43 Å². The van der Waals surface area contributed by atoms with E-state index in [1.54, 1.807) is 0 Å². The van der Waals surface area contributed by atoms with Gasteiger partial charge in [0.25, 0.3) is 0 Å². The molecular formula is C15H26OSi. The van der Waals surface area contributed by atoms with E-state index in [0.717, 1.165) is 13.0 Å². The molecule has 0 amide bonds. The molecule has 0 spiro atoms. The molecule has 0 fully saturated rings. The van der Waals surface area contributed by atoms with Gasteiger partial charge in [-0.15, -0.1) is 0 Å². The molecule has 0 heterocycles. The van der Waals surface area contributed by atoms with Crippen LogP contribution in [0, 0.1) is 0 Å². The van der Waals surface area contributed by atoms with Gasteiger partial charge < -0.3 is 4.43 Å². The Hall–Kier alpha value is -0.603. The molecule has 2 heteroatoms. The number of benzene rings is 1. The van der Waals surface area contributed by atoms with E-state index >= 15 is 0 Å². The highest BCUT2D eigenvalue weighted by atomic mass is 28.4. The van der Waals surface area contributed by atoms with Crippen LogP contribution in [0.4, 0.5) is 0 Å². The zero-order chi connectivity index (χ0) is 12.9. The molecule has 0 saturated carbocycles. The molecule has 1 aromatic carbocycles. The number of unbranched alkanes of at least 4 members (excludes halogenated alkanes) is 1. The zero-order valence-corrected chi connectivity index (χ0v) is 12.9. The summed E-state index contributed by atoms with van der Waals surface area (Å²) >= 11 is 0. The van der Waals surface area contributed by atoms with Gasteiger partial charge in [-0.1, -0.05) is 64.4 Å². The fourth-order valence-corrected chi connectivity index (χ4v) is 4.76. The molecule has 0 aromatic heterocycles. The summed E-state index contributed by atoms with van der Waals surface area (Å²) in [4.78, 5) is 0. The molecule has 0 aliphatic rings. The van der Waals surface area contributed by atoms with Gasteiger partial charge in [0, 0.05) is 6.61 Å². The average Bonchev–Trinajstić information content (AvgIpc) is 2.29. The second kappa shape index (κ2) is 5.83. The summed E-state index contributed by atoms with van der Waals surface area (Å²) in [6.07, 6.45) is 2.36. The van der Waals surface area contributed by atoms with Gasteiger partial charge in [-0.3, -0.25) is 0 Å². The van der Waals surface area contributed by atoms with Crippen molar-refractivity contribution in [1.29, 1.82) is 0 Å². The third-order valence-corrected chi connectivity index (χ3v) is 8.72. The Balaban J connectivity index is 2.95. The largest absolute Gasteiger partial charge is 0.412 e. The highest BCUT2D eigenvalue weighted by Gasteiger charge is 2.43. The van der Waals surface area contributed by atoms with Crippen LogP contribution in [-0.2, 0) is 4.43 Å². The Morgan fingerprint density at radius 2 is 1.71 bits per heavy atom. The van der Waals surface area contributed by atoms with E-state index in [2.05, 4.69) is 64.6 Å². The van der Waals surface area contributed by atoms with Crippen LogP contribution in [0.5, 0.6) is 0 Å². The molecule has 1 atom stereocenters. The van der Waals surface area contributed by atoms with Gasteiger partial charge in [0.05, 0.1) is 0 Å². The van der Waals surface area contributed by atoms with Crippen LogP contribution < -0.4 is 5.19 Å². The van der Waals surface area contributed by atoms with Crippen molar-refractivity contribution >= 4 is 13.5 Å². The minimum atomic E-state index is -1.86. The second-order valence-electron chi connectivity index (χ2n) is 5.85. The van der Waals surface area contributed by atoms with Gasteiger partial charge in [0.1, 0.15) is 0 Å². The van der Waals surface area contributed by atoms with E-state index in [-0.39, 0.29) is 5.04 Å². The maximum Gasteiger partial charge on any atom is 0.226 e. The van der Waals surface area contributed by atoms with Crippen molar-refractivity contribution in [2.75, 3.05) is 6.61 Å². The van der Waals surface area contributed by atoms with E-state index in [4.69, 9.17) is 4.43 Å². The predicted molar refractivity (Wildman–Crippen MR) is 78.3 cm³/mol. The molecule has 0 aliphatic carbocycles. The number of rotatable bonds is 5. The Kier molecular flexibility index (Phi) is 4.96. The summed E-state index contributed by atoms with van der Waals surface area (Å²) in [6.45, 7) is 12.4. The first kappa shape index (κ1) is 14.5. The Morgan fingerprint density at radius 3 is 2.18 bits per heavy atom. The SMILES string of the molecule is CCCCO[Si](C)(c1ccccc1)C(C)(C)C.